The average molecular weight is 209 g/mol. The molecule has 82 valence electrons. The van der Waals surface area contributed by atoms with Crippen LogP contribution in [-0.2, 0) is 4.79 Å². The molecular formula is C9H14F3NO. The fraction of sp³-hybridized carbons (Fsp3) is 0.889. The van der Waals surface area contributed by atoms with Crippen LogP contribution in [0, 0.1) is 0 Å². The molecule has 0 saturated heterocycles. The van der Waals surface area contributed by atoms with E-state index in [4.69, 9.17) is 0 Å². The molecule has 0 aromatic carbocycles. The first-order chi connectivity index (χ1) is 6.40. The molecule has 1 rings (SSSR count). The van der Waals surface area contributed by atoms with Gasteiger partial charge in [-0.05, 0) is 19.3 Å². The predicted octanol–water partition coefficient (Wildman–Crippen LogP) is 2.39. The highest BCUT2D eigenvalue weighted by Gasteiger charge is 2.44. The van der Waals surface area contributed by atoms with Crippen molar-refractivity contribution in [3.63, 3.8) is 0 Å². The van der Waals surface area contributed by atoms with Crippen LogP contribution in [0.4, 0.5) is 13.2 Å². The Morgan fingerprint density at radius 1 is 1.36 bits per heavy atom. The molecule has 0 bridgehead atoms. The molecule has 1 fully saturated rings. The van der Waals surface area contributed by atoms with E-state index >= 15 is 0 Å². The maximum Gasteiger partial charge on any atom is 0.471 e. The van der Waals surface area contributed by atoms with Gasteiger partial charge in [-0.1, -0.05) is 19.8 Å². The first kappa shape index (κ1) is 11.3. The normalized spacial score (nSPS) is 20.9. The van der Waals surface area contributed by atoms with Crippen molar-refractivity contribution in [1.82, 2.24) is 5.32 Å². The lowest BCUT2D eigenvalue weighted by Gasteiger charge is -2.29. The van der Waals surface area contributed by atoms with Gasteiger partial charge in [0.2, 0.25) is 0 Å². The van der Waals surface area contributed by atoms with E-state index in [-0.39, 0.29) is 0 Å². The molecule has 0 heterocycles. The Hall–Kier alpha value is -0.740. The van der Waals surface area contributed by atoms with Gasteiger partial charge in [-0.3, -0.25) is 4.79 Å². The Morgan fingerprint density at radius 2 is 1.86 bits per heavy atom. The minimum atomic E-state index is -4.76. The number of rotatable bonds is 2. The number of hydrogen-bond donors (Lipinski definition) is 1. The second-order valence-electron chi connectivity index (χ2n) is 3.79. The van der Waals surface area contributed by atoms with Gasteiger partial charge in [0.1, 0.15) is 0 Å². The number of carbonyl (C=O) groups excluding carboxylic acids is 1. The third-order valence-electron chi connectivity index (χ3n) is 2.87. The van der Waals surface area contributed by atoms with Crippen molar-refractivity contribution in [2.24, 2.45) is 0 Å². The van der Waals surface area contributed by atoms with E-state index in [1.807, 2.05) is 6.92 Å². The minimum absolute atomic E-state index is 0.564. The Bertz CT molecular complexity index is 219. The molecule has 0 unspecified atom stereocenters. The summed E-state index contributed by atoms with van der Waals surface area (Å²) in [6.07, 6.45) is -1.09. The van der Waals surface area contributed by atoms with Crippen LogP contribution >= 0.6 is 0 Å². The van der Waals surface area contributed by atoms with Gasteiger partial charge in [0.15, 0.2) is 0 Å². The zero-order valence-corrected chi connectivity index (χ0v) is 8.08. The topological polar surface area (TPSA) is 29.1 Å². The van der Waals surface area contributed by atoms with Gasteiger partial charge in [-0.25, -0.2) is 0 Å². The molecule has 0 aromatic heterocycles. The second kappa shape index (κ2) is 3.79. The number of alkyl halides is 3. The lowest BCUT2D eigenvalue weighted by atomic mass is 9.94. The minimum Gasteiger partial charge on any atom is -0.343 e. The fourth-order valence-electron chi connectivity index (χ4n) is 1.93. The standard InChI is InChI=1S/C9H14F3NO/c1-2-8(5-3-4-6-8)13-7(14)9(10,11)12/h2-6H2,1H3,(H,13,14). The number of hydrogen-bond acceptors (Lipinski definition) is 1. The smallest absolute Gasteiger partial charge is 0.343 e. The van der Waals surface area contributed by atoms with Gasteiger partial charge < -0.3 is 5.32 Å². The molecule has 1 aliphatic carbocycles. The van der Waals surface area contributed by atoms with E-state index in [1.54, 1.807) is 0 Å². The summed E-state index contributed by atoms with van der Waals surface area (Å²) >= 11 is 0. The van der Waals surface area contributed by atoms with E-state index in [1.165, 1.54) is 0 Å². The molecule has 5 heteroatoms. The maximum atomic E-state index is 12.0. The highest BCUT2D eigenvalue weighted by molar-refractivity contribution is 5.82. The van der Waals surface area contributed by atoms with Crippen LogP contribution in [0.3, 0.4) is 0 Å². The number of halogens is 3. The molecule has 0 spiro atoms. The second-order valence-corrected chi connectivity index (χ2v) is 3.79. The van der Waals surface area contributed by atoms with Gasteiger partial charge in [0.25, 0.3) is 0 Å². The summed E-state index contributed by atoms with van der Waals surface area (Å²) in [5, 5.41) is 2.12. The van der Waals surface area contributed by atoms with E-state index in [0.29, 0.717) is 19.3 Å². The number of amides is 1. The summed E-state index contributed by atoms with van der Waals surface area (Å²) in [5.74, 6) is -1.80. The van der Waals surface area contributed by atoms with E-state index in [2.05, 4.69) is 5.32 Å². The Morgan fingerprint density at radius 3 is 2.21 bits per heavy atom. The first-order valence-corrected chi connectivity index (χ1v) is 4.79. The van der Waals surface area contributed by atoms with Crippen molar-refractivity contribution in [2.75, 3.05) is 0 Å². The van der Waals surface area contributed by atoms with Crippen LogP contribution in [-0.4, -0.2) is 17.6 Å². The predicted molar refractivity (Wildman–Crippen MR) is 45.7 cm³/mol. The molecular weight excluding hydrogens is 195 g/mol. The zero-order chi connectivity index (χ0) is 10.8. The molecule has 1 aliphatic rings. The third kappa shape index (κ3) is 2.39. The van der Waals surface area contributed by atoms with Crippen molar-refractivity contribution in [1.29, 1.82) is 0 Å². The van der Waals surface area contributed by atoms with Crippen LogP contribution < -0.4 is 5.32 Å². The largest absolute Gasteiger partial charge is 0.471 e. The number of carbonyl (C=O) groups is 1. The quantitative estimate of drug-likeness (QED) is 0.743. The Kier molecular flexibility index (Phi) is 3.07. The van der Waals surface area contributed by atoms with Gasteiger partial charge >= 0.3 is 12.1 Å². The van der Waals surface area contributed by atoms with Crippen LogP contribution in [0.15, 0.2) is 0 Å². The average Bonchev–Trinajstić information content (AvgIpc) is 2.52. The van der Waals surface area contributed by atoms with Crippen molar-refractivity contribution in [3.8, 4) is 0 Å². The van der Waals surface area contributed by atoms with Gasteiger partial charge in [0, 0.05) is 5.54 Å². The zero-order valence-electron chi connectivity index (χ0n) is 8.08. The summed E-state index contributed by atoms with van der Waals surface area (Å²) in [5.41, 5.74) is -0.605. The fourth-order valence-corrected chi connectivity index (χ4v) is 1.93. The van der Waals surface area contributed by atoms with Crippen LogP contribution in [0.25, 0.3) is 0 Å². The van der Waals surface area contributed by atoms with Gasteiger partial charge in [-0.2, -0.15) is 13.2 Å². The molecule has 0 aliphatic heterocycles. The van der Waals surface area contributed by atoms with Crippen molar-refractivity contribution < 1.29 is 18.0 Å². The van der Waals surface area contributed by atoms with Crippen molar-refractivity contribution in [3.05, 3.63) is 0 Å². The highest BCUT2D eigenvalue weighted by Crippen LogP contribution is 2.33. The molecule has 1 N–H and O–H groups in total. The molecule has 0 aromatic rings. The monoisotopic (exact) mass is 209 g/mol. The third-order valence-corrected chi connectivity index (χ3v) is 2.87. The van der Waals surface area contributed by atoms with Crippen LogP contribution in [0.5, 0.6) is 0 Å². The Labute approximate surface area is 80.9 Å². The molecule has 1 saturated carbocycles. The molecule has 14 heavy (non-hydrogen) atoms. The SMILES string of the molecule is CCC1(NC(=O)C(F)(F)F)CCCC1. The van der Waals surface area contributed by atoms with Gasteiger partial charge in [0.05, 0.1) is 0 Å². The van der Waals surface area contributed by atoms with Gasteiger partial charge in [-0.15, -0.1) is 0 Å². The van der Waals surface area contributed by atoms with Crippen LogP contribution in [0.1, 0.15) is 39.0 Å². The molecule has 2 nitrogen and oxygen atoms in total. The van der Waals surface area contributed by atoms with Crippen LogP contribution in [0.2, 0.25) is 0 Å². The molecule has 1 amide bonds. The summed E-state index contributed by atoms with van der Waals surface area (Å²) in [6.45, 7) is 1.81. The number of nitrogens with one attached hydrogen (secondary N) is 1. The van der Waals surface area contributed by atoms with Crippen molar-refractivity contribution >= 4 is 5.91 Å². The van der Waals surface area contributed by atoms with E-state index < -0.39 is 17.6 Å². The highest BCUT2D eigenvalue weighted by atomic mass is 19.4. The summed E-state index contributed by atoms with van der Waals surface area (Å²) in [7, 11) is 0. The maximum absolute atomic E-state index is 12.0. The molecule has 0 atom stereocenters. The summed E-state index contributed by atoms with van der Waals surface area (Å²) in [4.78, 5) is 10.7. The Balaban J connectivity index is 2.61. The van der Waals surface area contributed by atoms with E-state index in [9.17, 15) is 18.0 Å². The van der Waals surface area contributed by atoms with E-state index in [0.717, 1.165) is 12.8 Å². The summed E-state index contributed by atoms with van der Waals surface area (Å²) in [6, 6.07) is 0. The van der Waals surface area contributed by atoms with Crippen molar-refractivity contribution in [2.45, 2.75) is 50.7 Å². The molecule has 0 radical (unpaired) electrons. The summed E-state index contributed by atoms with van der Waals surface area (Å²) < 4.78 is 36.0. The lowest BCUT2D eigenvalue weighted by Crippen LogP contribution is -2.50. The lowest BCUT2D eigenvalue weighted by molar-refractivity contribution is -0.175. The first-order valence-electron chi connectivity index (χ1n) is 4.79.